The maximum absolute atomic E-state index is 5.61. The molecule has 2 heteroatoms. The van der Waals surface area contributed by atoms with Gasteiger partial charge in [-0.2, -0.15) is 0 Å². The Morgan fingerprint density at radius 2 is 2.00 bits per heavy atom. The van der Waals surface area contributed by atoms with Gasteiger partial charge in [-0.05, 0) is 38.4 Å². The first-order valence-electron chi connectivity index (χ1n) is 5.74. The quantitative estimate of drug-likeness (QED) is 0.694. The van der Waals surface area contributed by atoms with Gasteiger partial charge in [-0.3, -0.25) is 0 Å². The third-order valence-electron chi connectivity index (χ3n) is 2.35. The van der Waals surface area contributed by atoms with E-state index in [0.717, 1.165) is 25.3 Å². The summed E-state index contributed by atoms with van der Waals surface area (Å²) in [6, 6.07) is 10.6. The summed E-state index contributed by atoms with van der Waals surface area (Å²) in [4.78, 5) is 0. The van der Waals surface area contributed by atoms with Crippen molar-refractivity contribution < 1.29 is 4.74 Å². The van der Waals surface area contributed by atoms with E-state index < -0.39 is 0 Å². The Morgan fingerprint density at radius 3 is 2.67 bits per heavy atom. The lowest BCUT2D eigenvalue weighted by atomic mass is 10.2. The molecular formula is C13H21NO. The molecule has 1 unspecified atom stereocenters. The number of nitrogens with one attached hydrogen (secondary N) is 1. The van der Waals surface area contributed by atoms with E-state index in [1.54, 1.807) is 0 Å². The van der Waals surface area contributed by atoms with E-state index in [9.17, 15) is 0 Å². The van der Waals surface area contributed by atoms with Crippen molar-refractivity contribution in [2.75, 3.05) is 13.2 Å². The number of benzene rings is 1. The average Bonchev–Trinajstić information content (AvgIpc) is 2.26. The minimum Gasteiger partial charge on any atom is -0.494 e. The Hall–Kier alpha value is -1.02. The minimum atomic E-state index is 0.592. The van der Waals surface area contributed by atoms with Crippen molar-refractivity contribution in [3.8, 4) is 5.75 Å². The minimum absolute atomic E-state index is 0.592. The van der Waals surface area contributed by atoms with Gasteiger partial charge in [0.15, 0.2) is 0 Å². The van der Waals surface area contributed by atoms with Crippen molar-refractivity contribution in [2.24, 2.45) is 0 Å². The van der Waals surface area contributed by atoms with E-state index in [1.165, 1.54) is 6.42 Å². The van der Waals surface area contributed by atoms with Crippen LogP contribution in [0.25, 0.3) is 0 Å². The predicted octanol–water partition coefficient (Wildman–Crippen LogP) is 2.84. The first kappa shape index (κ1) is 12.1. The van der Waals surface area contributed by atoms with Gasteiger partial charge < -0.3 is 10.1 Å². The van der Waals surface area contributed by atoms with Gasteiger partial charge in [0, 0.05) is 6.04 Å². The summed E-state index contributed by atoms with van der Waals surface area (Å²) in [5, 5.41) is 3.39. The summed E-state index contributed by atoms with van der Waals surface area (Å²) in [7, 11) is 0. The van der Waals surface area contributed by atoms with Crippen LogP contribution in [0.3, 0.4) is 0 Å². The van der Waals surface area contributed by atoms with Crippen molar-refractivity contribution in [3.63, 3.8) is 0 Å². The molecule has 1 N–H and O–H groups in total. The molecule has 0 saturated carbocycles. The van der Waals surface area contributed by atoms with Gasteiger partial charge in [0.05, 0.1) is 6.61 Å². The molecule has 2 nitrogen and oxygen atoms in total. The molecule has 0 amide bonds. The van der Waals surface area contributed by atoms with Gasteiger partial charge in [0.25, 0.3) is 0 Å². The van der Waals surface area contributed by atoms with Gasteiger partial charge in [-0.15, -0.1) is 0 Å². The van der Waals surface area contributed by atoms with Crippen molar-refractivity contribution in [1.29, 1.82) is 0 Å². The zero-order valence-electron chi connectivity index (χ0n) is 9.70. The second-order valence-corrected chi connectivity index (χ2v) is 3.76. The summed E-state index contributed by atoms with van der Waals surface area (Å²) < 4.78 is 5.61. The van der Waals surface area contributed by atoms with Crippen LogP contribution in [0, 0.1) is 0 Å². The molecule has 0 spiro atoms. The van der Waals surface area contributed by atoms with Gasteiger partial charge in [-0.1, -0.05) is 25.1 Å². The van der Waals surface area contributed by atoms with E-state index >= 15 is 0 Å². The van der Waals surface area contributed by atoms with Crippen LogP contribution in [0.15, 0.2) is 30.3 Å². The molecule has 0 aliphatic carbocycles. The third kappa shape index (κ3) is 5.43. The van der Waals surface area contributed by atoms with E-state index in [1.807, 2.05) is 30.3 Å². The third-order valence-corrected chi connectivity index (χ3v) is 2.35. The van der Waals surface area contributed by atoms with Crippen molar-refractivity contribution in [1.82, 2.24) is 5.32 Å². The molecule has 0 aliphatic rings. The first-order chi connectivity index (χ1) is 7.33. The highest BCUT2D eigenvalue weighted by atomic mass is 16.5. The molecule has 0 fully saturated rings. The predicted molar refractivity (Wildman–Crippen MR) is 64.3 cm³/mol. The number of para-hydroxylation sites is 1. The molecule has 0 aliphatic heterocycles. The fourth-order valence-electron chi connectivity index (χ4n) is 1.55. The van der Waals surface area contributed by atoms with Crippen molar-refractivity contribution >= 4 is 0 Å². The lowest BCUT2D eigenvalue weighted by Crippen LogP contribution is -2.25. The lowest BCUT2D eigenvalue weighted by molar-refractivity contribution is 0.298. The monoisotopic (exact) mass is 207 g/mol. The smallest absolute Gasteiger partial charge is 0.119 e. The number of ether oxygens (including phenoxy) is 1. The van der Waals surface area contributed by atoms with E-state index in [4.69, 9.17) is 4.74 Å². The van der Waals surface area contributed by atoms with Crippen LogP contribution in [-0.2, 0) is 0 Å². The second kappa shape index (κ2) is 7.30. The fourth-order valence-corrected chi connectivity index (χ4v) is 1.55. The van der Waals surface area contributed by atoms with Crippen LogP contribution in [0.1, 0.15) is 26.7 Å². The molecule has 15 heavy (non-hydrogen) atoms. The zero-order chi connectivity index (χ0) is 10.9. The second-order valence-electron chi connectivity index (χ2n) is 3.76. The Kier molecular flexibility index (Phi) is 5.86. The topological polar surface area (TPSA) is 21.3 Å². The number of hydrogen-bond acceptors (Lipinski definition) is 2. The highest BCUT2D eigenvalue weighted by molar-refractivity contribution is 5.20. The summed E-state index contributed by atoms with van der Waals surface area (Å²) in [5.41, 5.74) is 0. The average molecular weight is 207 g/mol. The molecule has 0 bridgehead atoms. The number of rotatable bonds is 7. The Balaban J connectivity index is 2.07. The zero-order valence-corrected chi connectivity index (χ0v) is 9.70. The molecule has 1 rings (SSSR count). The molecule has 84 valence electrons. The summed E-state index contributed by atoms with van der Waals surface area (Å²) in [5.74, 6) is 0.966. The van der Waals surface area contributed by atoms with Gasteiger partial charge >= 0.3 is 0 Å². The van der Waals surface area contributed by atoms with Gasteiger partial charge in [0.1, 0.15) is 5.75 Å². The standard InChI is InChI=1S/C13H21NO/c1-3-14-12(2)8-7-11-15-13-9-5-4-6-10-13/h4-6,9-10,12,14H,3,7-8,11H2,1-2H3. The Morgan fingerprint density at radius 1 is 1.27 bits per heavy atom. The maximum atomic E-state index is 5.61. The maximum Gasteiger partial charge on any atom is 0.119 e. The highest BCUT2D eigenvalue weighted by Gasteiger charge is 1.99. The molecule has 0 saturated heterocycles. The van der Waals surface area contributed by atoms with Gasteiger partial charge in [-0.25, -0.2) is 0 Å². The van der Waals surface area contributed by atoms with Crippen LogP contribution in [0.5, 0.6) is 5.75 Å². The Labute approximate surface area is 92.6 Å². The van der Waals surface area contributed by atoms with Crippen molar-refractivity contribution in [3.05, 3.63) is 30.3 Å². The van der Waals surface area contributed by atoms with Crippen LogP contribution in [-0.4, -0.2) is 19.2 Å². The molecule has 0 aromatic heterocycles. The van der Waals surface area contributed by atoms with Crippen LogP contribution in [0.2, 0.25) is 0 Å². The van der Waals surface area contributed by atoms with E-state index in [0.29, 0.717) is 6.04 Å². The van der Waals surface area contributed by atoms with Crippen molar-refractivity contribution in [2.45, 2.75) is 32.7 Å². The van der Waals surface area contributed by atoms with Crippen LogP contribution < -0.4 is 10.1 Å². The van der Waals surface area contributed by atoms with E-state index in [-0.39, 0.29) is 0 Å². The number of hydrogen-bond donors (Lipinski definition) is 1. The largest absolute Gasteiger partial charge is 0.494 e. The Bertz CT molecular complexity index is 248. The SMILES string of the molecule is CCNC(C)CCCOc1ccccc1. The lowest BCUT2D eigenvalue weighted by Gasteiger charge is -2.12. The molecule has 0 heterocycles. The summed E-state index contributed by atoms with van der Waals surface area (Å²) in [6.07, 6.45) is 2.27. The van der Waals surface area contributed by atoms with E-state index in [2.05, 4.69) is 19.2 Å². The fraction of sp³-hybridized carbons (Fsp3) is 0.538. The summed E-state index contributed by atoms with van der Waals surface area (Å²) in [6.45, 7) is 6.20. The molecule has 0 radical (unpaired) electrons. The summed E-state index contributed by atoms with van der Waals surface area (Å²) >= 11 is 0. The molecule has 1 atom stereocenters. The molecular weight excluding hydrogens is 186 g/mol. The molecule has 1 aromatic carbocycles. The highest BCUT2D eigenvalue weighted by Crippen LogP contribution is 2.09. The van der Waals surface area contributed by atoms with Crippen LogP contribution in [0.4, 0.5) is 0 Å². The molecule has 1 aromatic rings. The first-order valence-corrected chi connectivity index (χ1v) is 5.74. The normalized spacial score (nSPS) is 12.4. The van der Waals surface area contributed by atoms with Crippen LogP contribution >= 0.6 is 0 Å². The van der Waals surface area contributed by atoms with Gasteiger partial charge in [0.2, 0.25) is 0 Å².